The first-order chi connectivity index (χ1) is 31.4. The van der Waals surface area contributed by atoms with Crippen LogP contribution < -0.4 is 21.3 Å². The first kappa shape index (κ1) is 47.3. The van der Waals surface area contributed by atoms with E-state index >= 15 is 0 Å². The van der Waals surface area contributed by atoms with E-state index in [-0.39, 0.29) is 48.1 Å². The molecule has 0 bridgehead atoms. The molecule has 0 spiro atoms. The van der Waals surface area contributed by atoms with Crippen molar-refractivity contribution < 1.29 is 33.4 Å². The van der Waals surface area contributed by atoms with E-state index in [0.29, 0.717) is 73.6 Å². The normalized spacial score (nSPS) is 17.4. The quantitative estimate of drug-likeness (QED) is 0.0827. The van der Waals surface area contributed by atoms with Gasteiger partial charge in [-0.3, -0.25) is 14.4 Å². The number of ether oxygens (including phenoxy) is 2. The largest absolute Gasteiger partial charge is 0.444 e. The van der Waals surface area contributed by atoms with Crippen molar-refractivity contribution in [3.63, 3.8) is 0 Å². The van der Waals surface area contributed by atoms with Gasteiger partial charge in [0.1, 0.15) is 17.2 Å². The van der Waals surface area contributed by atoms with Crippen molar-refractivity contribution >= 4 is 46.6 Å². The lowest BCUT2D eigenvalue weighted by atomic mass is 9.81. The number of likely N-dealkylation sites (tertiary alicyclic amines) is 1. The average Bonchev–Trinajstić information content (AvgIpc) is 3.96. The zero-order chi connectivity index (χ0) is 47.2. The van der Waals surface area contributed by atoms with E-state index in [4.69, 9.17) is 9.47 Å². The molecule has 1 unspecified atom stereocenters. The fourth-order valence-electron chi connectivity index (χ4n) is 8.46. The van der Waals surface area contributed by atoms with E-state index in [1.54, 1.807) is 34.1 Å². The first-order valence-corrected chi connectivity index (χ1v) is 22.9. The molecule has 1 aliphatic heterocycles. The fourth-order valence-corrected chi connectivity index (χ4v) is 8.46. The van der Waals surface area contributed by atoms with Crippen LogP contribution in [0, 0.1) is 18.8 Å². The second kappa shape index (κ2) is 20.2. The van der Waals surface area contributed by atoms with Gasteiger partial charge in [0.05, 0.1) is 11.0 Å². The predicted octanol–water partition coefficient (Wildman–Crippen LogP) is 7.85. The van der Waals surface area contributed by atoms with E-state index in [9.17, 15) is 24.0 Å². The minimum absolute atomic E-state index is 0.0458. The van der Waals surface area contributed by atoms with Crippen LogP contribution in [0.2, 0.25) is 0 Å². The van der Waals surface area contributed by atoms with Gasteiger partial charge in [0.25, 0.3) is 5.91 Å². The van der Waals surface area contributed by atoms with Gasteiger partial charge in [-0.25, -0.2) is 19.3 Å². The maximum atomic E-state index is 14.1. The van der Waals surface area contributed by atoms with Crippen molar-refractivity contribution in [3.05, 3.63) is 95.8 Å². The molecule has 16 heteroatoms. The highest BCUT2D eigenvalue weighted by molar-refractivity contribution is 5.99. The minimum Gasteiger partial charge on any atom is -0.444 e. The van der Waals surface area contributed by atoms with Crippen LogP contribution in [0.3, 0.4) is 0 Å². The van der Waals surface area contributed by atoms with Crippen LogP contribution >= 0.6 is 0 Å². The molecule has 3 heterocycles. The topological polar surface area (TPSA) is 202 Å². The number of aromatic nitrogens is 4. The summed E-state index contributed by atoms with van der Waals surface area (Å²) in [4.78, 5) is 75.6. The van der Waals surface area contributed by atoms with Gasteiger partial charge in [-0.15, -0.1) is 0 Å². The predicted molar refractivity (Wildman–Crippen MR) is 252 cm³/mol. The molecule has 5 N–H and O–H groups in total. The third-order valence-electron chi connectivity index (χ3n) is 11.9. The highest BCUT2D eigenvalue weighted by Crippen LogP contribution is 2.30. The van der Waals surface area contributed by atoms with Gasteiger partial charge in [0, 0.05) is 61.7 Å². The molecule has 5 aromatic rings. The van der Waals surface area contributed by atoms with Crippen LogP contribution in [0.1, 0.15) is 102 Å². The number of imidazole rings is 1. The van der Waals surface area contributed by atoms with Crippen molar-refractivity contribution in [2.45, 2.75) is 117 Å². The number of piperidine rings is 1. The maximum Gasteiger partial charge on any atom is 0.410 e. The number of aryl methyl sites for hydroxylation is 1. The lowest BCUT2D eigenvalue weighted by Gasteiger charge is -2.33. The van der Waals surface area contributed by atoms with Crippen molar-refractivity contribution in [3.8, 4) is 17.1 Å². The molecule has 1 saturated heterocycles. The summed E-state index contributed by atoms with van der Waals surface area (Å²) in [6.45, 7) is 14.5. The molecule has 5 amide bonds. The van der Waals surface area contributed by atoms with E-state index in [2.05, 4.69) is 36.3 Å². The van der Waals surface area contributed by atoms with Gasteiger partial charge in [-0.1, -0.05) is 30.3 Å². The molecule has 16 nitrogen and oxygen atoms in total. The van der Waals surface area contributed by atoms with Gasteiger partial charge in [-0.05, 0) is 152 Å². The number of aromatic amines is 1. The summed E-state index contributed by atoms with van der Waals surface area (Å²) in [7, 11) is 0. The number of hydrogen-bond acceptors (Lipinski definition) is 9. The first-order valence-electron chi connectivity index (χ1n) is 22.9. The molecule has 0 radical (unpaired) electrons. The standard InChI is InChI=1S/C50H63N9O7/c1-31-27-36(44(61)53-37-21-25-58(26-22-37)48(64)66-50(5,6)7)17-19-39(31)34-13-9-32(10-14-34)28-42(55-43(60)35-15-11-33(12-16-35)30-51-47(63)65-49(2,3)4)45(62)54-38-18-20-40-41(29-38)57-46(56-40)59-24-8-23-52-59/h8-10,13-14,17-20,23-24,27,29,33,35,37,42H,11-12,15-16,21-22,25-26,28,30H2,1-7H3,(H,51,63)(H,53,61)(H,54,62)(H,55,60)(H,56,57). The fraction of sp³-hybridized carbons (Fsp3) is 0.460. The number of anilines is 1. The lowest BCUT2D eigenvalue weighted by Crippen LogP contribution is -2.48. The molecule has 1 atom stereocenters. The lowest BCUT2D eigenvalue weighted by molar-refractivity contribution is -0.130. The number of fused-ring (bicyclic) bond motifs is 1. The Morgan fingerprint density at radius 1 is 0.848 bits per heavy atom. The number of rotatable bonds is 12. The molecule has 1 saturated carbocycles. The molecule has 2 aliphatic rings. The highest BCUT2D eigenvalue weighted by Gasteiger charge is 2.31. The molecule has 3 aromatic carbocycles. The second-order valence-corrected chi connectivity index (χ2v) is 19.5. The number of carbonyl (C=O) groups excluding carboxylic acids is 5. The Hall–Kier alpha value is -6.71. The molecular formula is C50H63N9O7. The van der Waals surface area contributed by atoms with Gasteiger partial charge >= 0.3 is 12.2 Å². The monoisotopic (exact) mass is 901 g/mol. The summed E-state index contributed by atoms with van der Waals surface area (Å²) < 4.78 is 12.5. The summed E-state index contributed by atoms with van der Waals surface area (Å²) in [6, 6.07) is 19.8. The van der Waals surface area contributed by atoms with Gasteiger partial charge in [0.15, 0.2) is 0 Å². The molecule has 350 valence electrons. The Balaban J connectivity index is 0.990. The van der Waals surface area contributed by atoms with Crippen LogP contribution in [0.5, 0.6) is 0 Å². The van der Waals surface area contributed by atoms with Gasteiger partial charge in [0.2, 0.25) is 17.8 Å². The zero-order valence-corrected chi connectivity index (χ0v) is 39.0. The van der Waals surface area contributed by atoms with Crippen molar-refractivity contribution in [2.24, 2.45) is 11.8 Å². The maximum absolute atomic E-state index is 14.1. The summed E-state index contributed by atoms with van der Waals surface area (Å²) >= 11 is 0. The van der Waals surface area contributed by atoms with Crippen molar-refractivity contribution in [1.29, 1.82) is 0 Å². The molecule has 1 aliphatic carbocycles. The van der Waals surface area contributed by atoms with E-state index in [1.807, 2.05) is 103 Å². The molecule has 66 heavy (non-hydrogen) atoms. The van der Waals surface area contributed by atoms with Gasteiger partial charge < -0.3 is 40.6 Å². The van der Waals surface area contributed by atoms with Crippen LogP contribution in [0.4, 0.5) is 15.3 Å². The van der Waals surface area contributed by atoms with Crippen molar-refractivity contribution in [2.75, 3.05) is 25.0 Å². The number of carbonyl (C=O) groups is 5. The van der Waals surface area contributed by atoms with E-state index in [0.717, 1.165) is 35.1 Å². The smallest absolute Gasteiger partial charge is 0.410 e. The van der Waals surface area contributed by atoms with Crippen molar-refractivity contribution in [1.82, 2.24) is 40.6 Å². The van der Waals surface area contributed by atoms with E-state index in [1.165, 1.54) is 0 Å². The van der Waals surface area contributed by atoms with Crippen LogP contribution in [0.15, 0.2) is 79.1 Å². The third kappa shape index (κ3) is 12.8. The molecule has 2 aromatic heterocycles. The number of nitrogens with zero attached hydrogens (tertiary/aromatic N) is 4. The molecular weight excluding hydrogens is 839 g/mol. The number of amides is 5. The van der Waals surface area contributed by atoms with Crippen LogP contribution in [-0.2, 0) is 25.5 Å². The summed E-state index contributed by atoms with van der Waals surface area (Å²) in [5, 5.41) is 16.4. The Morgan fingerprint density at radius 3 is 2.21 bits per heavy atom. The SMILES string of the molecule is Cc1cc(C(=O)NC2CCN(C(=O)OC(C)(C)C)CC2)ccc1-c1ccc(CC(NC(=O)C2CCC(CNC(=O)OC(C)(C)C)CC2)C(=O)Nc2ccc3nc(-n4cccn4)[nH]c3c2)cc1. The Labute approximate surface area is 386 Å². The number of hydrogen-bond donors (Lipinski definition) is 5. The molecule has 7 rings (SSSR count). The van der Waals surface area contributed by atoms with Gasteiger partial charge in [-0.2, -0.15) is 5.10 Å². The molecule has 2 fully saturated rings. The second-order valence-electron chi connectivity index (χ2n) is 19.5. The minimum atomic E-state index is -0.879. The van der Waals surface area contributed by atoms with Crippen LogP contribution in [0.25, 0.3) is 28.1 Å². The number of benzene rings is 3. The summed E-state index contributed by atoms with van der Waals surface area (Å²) in [5.74, 6) is -0.188. The zero-order valence-electron chi connectivity index (χ0n) is 39.0. The Morgan fingerprint density at radius 2 is 1.56 bits per heavy atom. The summed E-state index contributed by atoms with van der Waals surface area (Å²) in [6.07, 6.45) is 7.02. The number of H-pyrrole nitrogens is 1. The van der Waals surface area contributed by atoms with Crippen LogP contribution in [-0.4, -0.2) is 97.5 Å². The Kier molecular flexibility index (Phi) is 14.5. The Bertz CT molecular complexity index is 2510. The van der Waals surface area contributed by atoms with E-state index < -0.39 is 23.3 Å². The summed E-state index contributed by atoms with van der Waals surface area (Å²) in [5.41, 5.74) is 5.09. The average molecular weight is 902 g/mol. The highest BCUT2D eigenvalue weighted by atomic mass is 16.6. The number of nitrogens with one attached hydrogen (secondary N) is 5. The number of alkyl carbamates (subject to hydrolysis) is 1. The third-order valence-corrected chi connectivity index (χ3v) is 11.9.